The van der Waals surface area contributed by atoms with E-state index in [1.54, 1.807) is 12.1 Å². The van der Waals surface area contributed by atoms with E-state index in [1.165, 1.54) is 6.20 Å². The molecule has 0 atom stereocenters. The highest BCUT2D eigenvalue weighted by atomic mass is 16.4. The number of rotatable bonds is 1. The van der Waals surface area contributed by atoms with Crippen molar-refractivity contribution < 1.29 is 14.3 Å². The molecule has 0 bridgehead atoms. The minimum atomic E-state index is -1.18. The summed E-state index contributed by atoms with van der Waals surface area (Å²) in [5, 5.41) is 8.67. The van der Waals surface area contributed by atoms with E-state index in [0.717, 1.165) is 0 Å². The molecule has 2 heterocycles. The number of aromatic nitrogens is 1. The Morgan fingerprint density at radius 2 is 2.38 bits per heavy atom. The largest absolute Gasteiger partial charge is 0.475 e. The molecule has 0 aliphatic heterocycles. The lowest BCUT2D eigenvalue weighted by Crippen LogP contribution is -1.98. The maximum atomic E-state index is 10.6. The predicted molar refractivity (Wildman–Crippen MR) is 45.4 cm³/mol. The second-order valence-corrected chi connectivity index (χ2v) is 2.50. The summed E-state index contributed by atoms with van der Waals surface area (Å²) in [5.74, 6) is -1.44. The number of hydrogen-bond donors (Lipinski definition) is 2. The highest BCUT2D eigenvalue weighted by Gasteiger charge is 2.17. The fourth-order valence-corrected chi connectivity index (χ4v) is 1.11. The van der Waals surface area contributed by atoms with E-state index in [-0.39, 0.29) is 11.4 Å². The number of nitrogens with two attached hydrogens (primary N) is 1. The van der Waals surface area contributed by atoms with E-state index in [4.69, 9.17) is 15.3 Å². The zero-order valence-electron chi connectivity index (χ0n) is 6.52. The van der Waals surface area contributed by atoms with Crippen molar-refractivity contribution in [3.63, 3.8) is 0 Å². The number of carboxylic acid groups (broad SMARTS) is 1. The summed E-state index contributed by atoms with van der Waals surface area (Å²) in [6.07, 6.45) is 1.53. The number of hydrogen-bond acceptors (Lipinski definition) is 4. The molecule has 5 heteroatoms. The molecule has 0 unspecified atom stereocenters. The molecule has 0 aliphatic rings. The molecule has 5 nitrogen and oxygen atoms in total. The van der Waals surface area contributed by atoms with Crippen LogP contribution in [0.5, 0.6) is 0 Å². The highest BCUT2D eigenvalue weighted by molar-refractivity contribution is 6.00. The lowest BCUT2D eigenvalue weighted by Gasteiger charge is -1.87. The first-order valence-corrected chi connectivity index (χ1v) is 3.56. The number of nitrogens with zero attached hydrogens (tertiary/aromatic N) is 1. The van der Waals surface area contributed by atoms with E-state index in [9.17, 15) is 4.79 Å². The van der Waals surface area contributed by atoms with Gasteiger partial charge in [0.2, 0.25) is 5.76 Å². The average Bonchev–Trinajstić information content (AvgIpc) is 2.45. The van der Waals surface area contributed by atoms with Crippen molar-refractivity contribution in [3.05, 3.63) is 24.1 Å². The number of carboxylic acids is 1. The SMILES string of the molecule is Nc1c(C(=O)O)oc2cccnc12. The molecule has 0 fully saturated rings. The molecule has 13 heavy (non-hydrogen) atoms. The summed E-state index contributed by atoms with van der Waals surface area (Å²) in [7, 11) is 0. The minimum Gasteiger partial charge on any atom is -0.475 e. The topological polar surface area (TPSA) is 89.4 Å². The maximum Gasteiger partial charge on any atom is 0.374 e. The molecule has 0 aromatic carbocycles. The lowest BCUT2D eigenvalue weighted by atomic mass is 10.3. The molecule has 0 amide bonds. The van der Waals surface area contributed by atoms with Gasteiger partial charge >= 0.3 is 5.97 Å². The van der Waals surface area contributed by atoms with Crippen LogP contribution in [0.4, 0.5) is 5.69 Å². The van der Waals surface area contributed by atoms with Crippen LogP contribution >= 0.6 is 0 Å². The van der Waals surface area contributed by atoms with Gasteiger partial charge in [-0.3, -0.25) is 4.98 Å². The Morgan fingerprint density at radius 1 is 1.62 bits per heavy atom. The van der Waals surface area contributed by atoms with Gasteiger partial charge in [0.1, 0.15) is 11.2 Å². The van der Waals surface area contributed by atoms with Gasteiger partial charge in [0.15, 0.2) is 5.58 Å². The fourth-order valence-electron chi connectivity index (χ4n) is 1.11. The summed E-state index contributed by atoms with van der Waals surface area (Å²) in [4.78, 5) is 14.5. The lowest BCUT2D eigenvalue weighted by molar-refractivity contribution is 0.0666. The van der Waals surface area contributed by atoms with Gasteiger partial charge in [-0.15, -0.1) is 0 Å². The van der Waals surface area contributed by atoms with E-state index < -0.39 is 5.97 Å². The number of fused-ring (bicyclic) bond motifs is 1. The highest BCUT2D eigenvalue weighted by Crippen LogP contribution is 2.25. The first kappa shape index (κ1) is 7.60. The van der Waals surface area contributed by atoms with Crippen LogP contribution in [0.3, 0.4) is 0 Å². The standard InChI is InChI=1S/C8H6N2O3/c9-5-6-4(2-1-3-10-6)13-7(5)8(11)12/h1-3H,9H2,(H,11,12). The third-order valence-corrected chi connectivity index (χ3v) is 1.68. The van der Waals surface area contributed by atoms with Crippen molar-refractivity contribution >= 4 is 22.8 Å². The van der Waals surface area contributed by atoms with Crippen LogP contribution in [-0.4, -0.2) is 16.1 Å². The Balaban J connectivity index is 2.81. The summed E-state index contributed by atoms with van der Waals surface area (Å²) >= 11 is 0. The number of aromatic carboxylic acids is 1. The molecule has 66 valence electrons. The molecule has 2 aromatic heterocycles. The van der Waals surface area contributed by atoms with Gasteiger partial charge in [0.25, 0.3) is 0 Å². The number of carbonyl (C=O) groups is 1. The number of furan rings is 1. The zero-order valence-corrected chi connectivity index (χ0v) is 6.52. The third kappa shape index (κ3) is 1.01. The molecular weight excluding hydrogens is 172 g/mol. The first-order valence-electron chi connectivity index (χ1n) is 3.56. The van der Waals surface area contributed by atoms with Crippen molar-refractivity contribution in [2.24, 2.45) is 0 Å². The van der Waals surface area contributed by atoms with Crippen LogP contribution < -0.4 is 5.73 Å². The normalized spacial score (nSPS) is 10.5. The number of anilines is 1. The van der Waals surface area contributed by atoms with Crippen molar-refractivity contribution in [1.29, 1.82) is 0 Å². The Morgan fingerprint density at radius 3 is 3.00 bits per heavy atom. The quantitative estimate of drug-likeness (QED) is 0.682. The Hall–Kier alpha value is -2.04. The van der Waals surface area contributed by atoms with Crippen molar-refractivity contribution in [3.8, 4) is 0 Å². The maximum absolute atomic E-state index is 10.6. The van der Waals surface area contributed by atoms with Crippen LogP contribution in [0.15, 0.2) is 22.7 Å². The van der Waals surface area contributed by atoms with Crippen LogP contribution in [0.1, 0.15) is 10.6 Å². The summed E-state index contributed by atoms with van der Waals surface area (Å²) in [6.45, 7) is 0. The Labute approximate surface area is 72.8 Å². The van der Waals surface area contributed by atoms with E-state index in [1.807, 2.05) is 0 Å². The van der Waals surface area contributed by atoms with E-state index in [0.29, 0.717) is 11.1 Å². The van der Waals surface area contributed by atoms with Crippen molar-refractivity contribution in [2.45, 2.75) is 0 Å². The summed E-state index contributed by atoms with van der Waals surface area (Å²) in [5.41, 5.74) is 6.35. The molecule has 0 aliphatic carbocycles. The predicted octanol–water partition coefficient (Wildman–Crippen LogP) is 1.11. The smallest absolute Gasteiger partial charge is 0.374 e. The molecule has 0 spiro atoms. The van der Waals surface area contributed by atoms with Gasteiger partial charge in [-0.1, -0.05) is 0 Å². The van der Waals surface area contributed by atoms with Gasteiger partial charge in [-0.25, -0.2) is 4.79 Å². The van der Waals surface area contributed by atoms with E-state index in [2.05, 4.69) is 4.98 Å². The molecule has 0 saturated heterocycles. The van der Waals surface area contributed by atoms with Crippen LogP contribution in [0.25, 0.3) is 11.1 Å². The molecular formula is C8H6N2O3. The third-order valence-electron chi connectivity index (χ3n) is 1.68. The van der Waals surface area contributed by atoms with Crippen LogP contribution in [0.2, 0.25) is 0 Å². The Bertz CT molecular complexity index is 475. The van der Waals surface area contributed by atoms with Gasteiger partial charge < -0.3 is 15.3 Å². The molecule has 2 rings (SSSR count). The molecule has 0 radical (unpaired) electrons. The van der Waals surface area contributed by atoms with Gasteiger partial charge in [0.05, 0.1) is 0 Å². The van der Waals surface area contributed by atoms with Crippen LogP contribution in [-0.2, 0) is 0 Å². The zero-order chi connectivity index (χ0) is 9.42. The van der Waals surface area contributed by atoms with Crippen LogP contribution in [0, 0.1) is 0 Å². The minimum absolute atomic E-state index is 0.0723. The van der Waals surface area contributed by atoms with Crippen molar-refractivity contribution in [2.75, 3.05) is 5.73 Å². The average molecular weight is 178 g/mol. The second-order valence-electron chi connectivity index (χ2n) is 2.50. The van der Waals surface area contributed by atoms with E-state index >= 15 is 0 Å². The summed E-state index contributed by atoms with van der Waals surface area (Å²) < 4.78 is 4.97. The molecule has 3 N–H and O–H groups in total. The second kappa shape index (κ2) is 2.48. The first-order chi connectivity index (χ1) is 6.20. The fraction of sp³-hybridized carbons (Fsp3) is 0. The number of pyridine rings is 1. The summed E-state index contributed by atoms with van der Waals surface area (Å²) in [6, 6.07) is 3.27. The van der Waals surface area contributed by atoms with Gasteiger partial charge in [-0.2, -0.15) is 0 Å². The number of nitrogen functional groups attached to an aromatic ring is 1. The monoisotopic (exact) mass is 178 g/mol. The van der Waals surface area contributed by atoms with Gasteiger partial charge in [0, 0.05) is 6.20 Å². The van der Waals surface area contributed by atoms with Crippen molar-refractivity contribution in [1.82, 2.24) is 4.98 Å². The molecule has 0 saturated carbocycles. The van der Waals surface area contributed by atoms with Gasteiger partial charge in [-0.05, 0) is 12.1 Å². The Kier molecular flexibility index (Phi) is 1.45. The molecule has 2 aromatic rings.